The Kier molecular flexibility index (Phi) is 4.85. The molecule has 0 spiro atoms. The lowest BCUT2D eigenvalue weighted by Gasteiger charge is -2.13. The van der Waals surface area contributed by atoms with Crippen LogP contribution in [0.2, 0.25) is 0 Å². The van der Waals surface area contributed by atoms with Gasteiger partial charge >= 0.3 is 0 Å². The molecule has 1 aliphatic rings. The fourth-order valence-electron chi connectivity index (χ4n) is 1.67. The first-order valence-corrected chi connectivity index (χ1v) is 7.22. The van der Waals surface area contributed by atoms with Gasteiger partial charge in [-0.1, -0.05) is 0 Å². The van der Waals surface area contributed by atoms with Crippen LogP contribution in [-0.2, 0) is 4.79 Å². The van der Waals surface area contributed by atoms with Crippen LogP contribution >= 0.6 is 15.9 Å². The van der Waals surface area contributed by atoms with Crippen molar-refractivity contribution in [1.29, 1.82) is 5.26 Å². The number of hydrogen-bond acceptors (Lipinski definition) is 4. The molecule has 0 atom stereocenters. The highest BCUT2D eigenvalue weighted by Crippen LogP contribution is 2.36. The molecule has 6 heteroatoms. The minimum atomic E-state index is -0.147. The van der Waals surface area contributed by atoms with Crippen molar-refractivity contribution in [2.45, 2.75) is 25.8 Å². The van der Waals surface area contributed by atoms with Crippen LogP contribution in [-0.4, -0.2) is 25.2 Å². The molecule has 20 heavy (non-hydrogen) atoms. The van der Waals surface area contributed by atoms with E-state index in [2.05, 4.69) is 21.2 Å². The van der Waals surface area contributed by atoms with Crippen LogP contribution in [0.1, 0.15) is 25.3 Å². The maximum atomic E-state index is 11.6. The smallest absolute Gasteiger partial charge is 0.258 e. The van der Waals surface area contributed by atoms with E-state index >= 15 is 0 Å². The first-order chi connectivity index (χ1) is 9.63. The molecular weight excluding hydrogens is 324 g/mol. The van der Waals surface area contributed by atoms with Crippen LogP contribution in [0.4, 0.5) is 0 Å². The summed E-state index contributed by atoms with van der Waals surface area (Å²) in [5, 5.41) is 11.8. The van der Waals surface area contributed by atoms with Gasteiger partial charge in [-0.15, -0.1) is 0 Å². The third-order valence-corrected chi connectivity index (χ3v) is 3.32. The van der Waals surface area contributed by atoms with E-state index in [0.29, 0.717) is 34.2 Å². The van der Waals surface area contributed by atoms with Gasteiger partial charge in [0.25, 0.3) is 5.91 Å². The molecule has 1 fully saturated rings. The number of carbonyl (C=O) groups excluding carboxylic acids is 1. The molecule has 0 bridgehead atoms. The molecule has 1 aromatic rings. The van der Waals surface area contributed by atoms with Crippen molar-refractivity contribution in [2.75, 3.05) is 13.2 Å². The molecule has 1 aliphatic carbocycles. The van der Waals surface area contributed by atoms with Gasteiger partial charge in [-0.3, -0.25) is 4.79 Å². The molecule has 106 valence electrons. The highest BCUT2D eigenvalue weighted by atomic mass is 79.9. The summed E-state index contributed by atoms with van der Waals surface area (Å²) in [7, 11) is 0. The summed E-state index contributed by atoms with van der Waals surface area (Å²) >= 11 is 3.33. The molecule has 1 N–H and O–H groups in total. The number of halogens is 1. The quantitative estimate of drug-likeness (QED) is 0.864. The van der Waals surface area contributed by atoms with Gasteiger partial charge in [0.05, 0.1) is 22.7 Å². The van der Waals surface area contributed by atoms with Crippen LogP contribution < -0.4 is 14.8 Å². The van der Waals surface area contributed by atoms with Crippen LogP contribution in [0.3, 0.4) is 0 Å². The van der Waals surface area contributed by atoms with E-state index in [4.69, 9.17) is 14.7 Å². The highest BCUT2D eigenvalue weighted by molar-refractivity contribution is 9.10. The first kappa shape index (κ1) is 14.7. The molecule has 0 aliphatic heterocycles. The molecule has 0 saturated heterocycles. The Morgan fingerprint density at radius 2 is 2.25 bits per heavy atom. The maximum absolute atomic E-state index is 11.6. The van der Waals surface area contributed by atoms with Crippen molar-refractivity contribution in [3.05, 3.63) is 22.2 Å². The monoisotopic (exact) mass is 338 g/mol. The maximum Gasteiger partial charge on any atom is 0.258 e. The number of hydrogen-bond donors (Lipinski definition) is 1. The van der Waals surface area contributed by atoms with Crippen molar-refractivity contribution >= 4 is 21.8 Å². The molecule has 0 aromatic heterocycles. The second kappa shape index (κ2) is 6.62. The summed E-state index contributed by atoms with van der Waals surface area (Å²) in [5.74, 6) is 0.751. The summed E-state index contributed by atoms with van der Waals surface area (Å²) in [6.45, 7) is 2.23. The number of nitrogens with one attached hydrogen (secondary N) is 1. The lowest BCUT2D eigenvalue weighted by atomic mass is 10.2. The molecular formula is C14H15BrN2O3. The standard InChI is InChI=1S/C14H15BrN2O3/c1-2-19-12-6-9(7-16)5-11(15)14(12)20-8-13(18)17-10-3-4-10/h5-6,10H,2-4,8H2,1H3,(H,17,18). The van der Waals surface area contributed by atoms with Crippen molar-refractivity contribution in [1.82, 2.24) is 5.32 Å². The van der Waals surface area contributed by atoms with E-state index in [-0.39, 0.29) is 12.5 Å². The number of nitriles is 1. The van der Waals surface area contributed by atoms with Crippen molar-refractivity contribution in [2.24, 2.45) is 0 Å². The summed E-state index contributed by atoms with van der Waals surface area (Å²) < 4.78 is 11.6. The molecule has 1 amide bonds. The Bertz CT molecular complexity index is 550. The van der Waals surface area contributed by atoms with E-state index in [9.17, 15) is 4.79 Å². The third-order valence-electron chi connectivity index (χ3n) is 2.73. The molecule has 5 nitrogen and oxygen atoms in total. The minimum absolute atomic E-state index is 0.0684. The molecule has 1 aromatic carbocycles. The zero-order chi connectivity index (χ0) is 14.5. The Hall–Kier alpha value is -1.74. The van der Waals surface area contributed by atoms with Crippen LogP contribution in [0.5, 0.6) is 11.5 Å². The van der Waals surface area contributed by atoms with Gasteiger partial charge in [0, 0.05) is 12.1 Å². The zero-order valence-electron chi connectivity index (χ0n) is 11.1. The molecule has 0 radical (unpaired) electrons. The molecule has 1 saturated carbocycles. The summed E-state index contributed by atoms with van der Waals surface area (Å²) in [4.78, 5) is 11.6. The van der Waals surface area contributed by atoms with Gasteiger partial charge in [-0.05, 0) is 41.8 Å². The molecule has 0 unspecified atom stereocenters. The predicted molar refractivity (Wildman–Crippen MR) is 76.7 cm³/mol. The van der Waals surface area contributed by atoms with Gasteiger partial charge < -0.3 is 14.8 Å². The van der Waals surface area contributed by atoms with E-state index < -0.39 is 0 Å². The summed E-state index contributed by atoms with van der Waals surface area (Å²) in [5.41, 5.74) is 0.468. The first-order valence-electron chi connectivity index (χ1n) is 6.42. The second-order valence-electron chi connectivity index (χ2n) is 4.46. The van der Waals surface area contributed by atoms with Gasteiger partial charge in [0.15, 0.2) is 18.1 Å². The van der Waals surface area contributed by atoms with E-state index in [0.717, 1.165) is 12.8 Å². The normalized spacial score (nSPS) is 13.4. The number of carbonyl (C=O) groups is 1. The fourth-order valence-corrected chi connectivity index (χ4v) is 2.23. The largest absolute Gasteiger partial charge is 0.490 e. The lowest BCUT2D eigenvalue weighted by molar-refractivity contribution is -0.123. The van der Waals surface area contributed by atoms with Crippen LogP contribution in [0.25, 0.3) is 0 Å². The average Bonchev–Trinajstić information content (AvgIpc) is 3.21. The van der Waals surface area contributed by atoms with Gasteiger partial charge in [0.2, 0.25) is 0 Å². The second-order valence-corrected chi connectivity index (χ2v) is 5.31. The summed E-state index contributed by atoms with van der Waals surface area (Å²) in [6, 6.07) is 5.59. The Morgan fingerprint density at radius 1 is 1.50 bits per heavy atom. The number of rotatable bonds is 6. The number of ether oxygens (including phenoxy) is 2. The Labute approximate surface area is 126 Å². The predicted octanol–water partition coefficient (Wildman–Crippen LogP) is 2.38. The Morgan fingerprint density at radius 3 is 2.85 bits per heavy atom. The van der Waals surface area contributed by atoms with Gasteiger partial charge in [-0.25, -0.2) is 0 Å². The number of benzene rings is 1. The van der Waals surface area contributed by atoms with E-state index in [1.54, 1.807) is 12.1 Å². The molecule has 2 rings (SSSR count). The fraction of sp³-hybridized carbons (Fsp3) is 0.429. The van der Waals surface area contributed by atoms with Crippen molar-refractivity contribution < 1.29 is 14.3 Å². The summed E-state index contributed by atoms with van der Waals surface area (Å²) in [6.07, 6.45) is 2.08. The van der Waals surface area contributed by atoms with Crippen molar-refractivity contribution in [3.8, 4) is 17.6 Å². The minimum Gasteiger partial charge on any atom is -0.490 e. The zero-order valence-corrected chi connectivity index (χ0v) is 12.7. The van der Waals surface area contributed by atoms with Gasteiger partial charge in [0.1, 0.15) is 0 Å². The SMILES string of the molecule is CCOc1cc(C#N)cc(Br)c1OCC(=O)NC1CC1. The highest BCUT2D eigenvalue weighted by Gasteiger charge is 2.23. The topological polar surface area (TPSA) is 71.3 Å². The van der Waals surface area contributed by atoms with Gasteiger partial charge in [-0.2, -0.15) is 5.26 Å². The number of amides is 1. The number of nitrogens with zero attached hydrogens (tertiary/aromatic N) is 1. The van der Waals surface area contributed by atoms with E-state index in [1.165, 1.54) is 0 Å². The third kappa shape index (κ3) is 3.87. The van der Waals surface area contributed by atoms with E-state index in [1.807, 2.05) is 13.0 Å². The van der Waals surface area contributed by atoms with Crippen molar-refractivity contribution in [3.63, 3.8) is 0 Å². The van der Waals surface area contributed by atoms with Crippen LogP contribution in [0.15, 0.2) is 16.6 Å². The molecule has 0 heterocycles. The van der Waals surface area contributed by atoms with Crippen LogP contribution in [0, 0.1) is 11.3 Å². The average molecular weight is 339 g/mol. The Balaban J connectivity index is 2.08. The lowest BCUT2D eigenvalue weighted by Crippen LogP contribution is -2.30.